The van der Waals surface area contributed by atoms with Crippen molar-refractivity contribution in [1.29, 1.82) is 0 Å². The summed E-state index contributed by atoms with van der Waals surface area (Å²) in [7, 11) is 0. The molecule has 1 heterocycles. The van der Waals surface area contributed by atoms with E-state index < -0.39 is 0 Å². The molecule has 0 saturated heterocycles. The van der Waals surface area contributed by atoms with Crippen LogP contribution in [0.4, 0.5) is 0 Å². The fourth-order valence-corrected chi connectivity index (χ4v) is 2.41. The monoisotopic (exact) mass is 269 g/mol. The van der Waals surface area contributed by atoms with Crippen LogP contribution in [-0.4, -0.2) is 23.0 Å². The van der Waals surface area contributed by atoms with Crippen molar-refractivity contribution in [2.75, 3.05) is 6.54 Å². The van der Waals surface area contributed by atoms with Gasteiger partial charge in [0, 0.05) is 6.54 Å². The molecule has 4 nitrogen and oxygen atoms in total. The minimum Gasteiger partial charge on any atom is -0.345 e. The summed E-state index contributed by atoms with van der Waals surface area (Å²) < 4.78 is 0. The SMILES string of the molecule is CCCc1ncc(C(=O)NC(C)(CN)C(C)C)s1. The van der Waals surface area contributed by atoms with Gasteiger partial charge in [0.25, 0.3) is 5.91 Å². The first-order valence-corrected chi connectivity index (χ1v) is 7.22. The van der Waals surface area contributed by atoms with Gasteiger partial charge in [-0.05, 0) is 25.7 Å². The molecule has 5 heteroatoms. The van der Waals surface area contributed by atoms with Gasteiger partial charge in [-0.3, -0.25) is 4.79 Å². The lowest BCUT2D eigenvalue weighted by molar-refractivity contribution is 0.0887. The van der Waals surface area contributed by atoms with Crippen LogP contribution >= 0.6 is 11.3 Å². The molecule has 3 N–H and O–H groups in total. The van der Waals surface area contributed by atoms with Gasteiger partial charge in [-0.2, -0.15) is 0 Å². The van der Waals surface area contributed by atoms with Crippen molar-refractivity contribution in [1.82, 2.24) is 10.3 Å². The highest BCUT2D eigenvalue weighted by molar-refractivity contribution is 7.13. The standard InChI is InChI=1S/C13H23N3OS/c1-5-6-11-15-7-10(18-11)12(17)16-13(4,8-14)9(2)3/h7,9H,5-6,8,14H2,1-4H3,(H,16,17). The number of hydrogen-bond acceptors (Lipinski definition) is 4. The van der Waals surface area contributed by atoms with E-state index in [1.807, 2.05) is 6.92 Å². The van der Waals surface area contributed by atoms with E-state index in [-0.39, 0.29) is 17.4 Å². The Hall–Kier alpha value is -0.940. The number of nitrogens with zero attached hydrogens (tertiary/aromatic N) is 1. The summed E-state index contributed by atoms with van der Waals surface area (Å²) in [6.45, 7) is 8.62. The molecule has 0 saturated carbocycles. The maximum absolute atomic E-state index is 12.1. The Kier molecular flexibility index (Phi) is 5.28. The molecule has 1 atom stereocenters. The van der Waals surface area contributed by atoms with Crippen LogP contribution in [0.25, 0.3) is 0 Å². The predicted molar refractivity (Wildman–Crippen MR) is 75.9 cm³/mol. The Morgan fingerprint density at radius 1 is 1.61 bits per heavy atom. The summed E-state index contributed by atoms with van der Waals surface area (Å²) in [6, 6.07) is 0. The molecule has 102 valence electrons. The Balaban J connectivity index is 2.75. The molecule has 1 unspecified atom stereocenters. The molecule has 0 aromatic carbocycles. The van der Waals surface area contributed by atoms with Crippen molar-refractivity contribution >= 4 is 17.2 Å². The third-order valence-corrected chi connectivity index (χ3v) is 4.39. The van der Waals surface area contributed by atoms with Crippen LogP contribution in [-0.2, 0) is 6.42 Å². The fourth-order valence-electron chi connectivity index (χ4n) is 1.50. The molecule has 0 aliphatic rings. The van der Waals surface area contributed by atoms with Crippen LogP contribution in [0.1, 0.15) is 48.8 Å². The fraction of sp³-hybridized carbons (Fsp3) is 0.692. The van der Waals surface area contributed by atoms with E-state index in [4.69, 9.17) is 5.73 Å². The van der Waals surface area contributed by atoms with Gasteiger partial charge in [-0.1, -0.05) is 20.8 Å². The van der Waals surface area contributed by atoms with E-state index in [0.717, 1.165) is 17.8 Å². The van der Waals surface area contributed by atoms with Crippen molar-refractivity contribution in [2.24, 2.45) is 11.7 Å². The van der Waals surface area contributed by atoms with Crippen LogP contribution in [0.3, 0.4) is 0 Å². The normalized spacial score (nSPS) is 14.6. The van der Waals surface area contributed by atoms with Gasteiger partial charge in [0.2, 0.25) is 0 Å². The van der Waals surface area contributed by atoms with Crippen LogP contribution in [0.5, 0.6) is 0 Å². The summed E-state index contributed by atoms with van der Waals surface area (Å²) in [5.74, 6) is 0.214. The number of carbonyl (C=O) groups is 1. The highest BCUT2D eigenvalue weighted by Gasteiger charge is 2.29. The lowest BCUT2D eigenvalue weighted by Gasteiger charge is -2.33. The van der Waals surface area contributed by atoms with Gasteiger partial charge >= 0.3 is 0 Å². The van der Waals surface area contributed by atoms with Crippen molar-refractivity contribution in [3.63, 3.8) is 0 Å². The first-order valence-electron chi connectivity index (χ1n) is 6.40. The van der Waals surface area contributed by atoms with Gasteiger partial charge in [-0.15, -0.1) is 11.3 Å². The van der Waals surface area contributed by atoms with Gasteiger partial charge < -0.3 is 11.1 Å². The molecule has 1 rings (SSSR count). The van der Waals surface area contributed by atoms with E-state index in [9.17, 15) is 4.79 Å². The molecule has 0 aliphatic heterocycles. The lowest BCUT2D eigenvalue weighted by Crippen LogP contribution is -2.54. The largest absolute Gasteiger partial charge is 0.345 e. The minimum absolute atomic E-state index is 0.0727. The van der Waals surface area contributed by atoms with Crippen LogP contribution < -0.4 is 11.1 Å². The van der Waals surface area contributed by atoms with Crippen molar-refractivity contribution in [3.05, 3.63) is 16.1 Å². The maximum atomic E-state index is 12.1. The van der Waals surface area contributed by atoms with E-state index in [1.54, 1.807) is 6.20 Å². The Labute approximate surface area is 113 Å². The minimum atomic E-state index is -0.369. The maximum Gasteiger partial charge on any atom is 0.263 e. The number of carbonyl (C=O) groups excluding carboxylic acids is 1. The number of aryl methyl sites for hydroxylation is 1. The summed E-state index contributed by atoms with van der Waals surface area (Å²) in [4.78, 5) is 17.1. The molecule has 1 aromatic heterocycles. The molecule has 1 amide bonds. The molecule has 0 fully saturated rings. The number of nitrogens with two attached hydrogens (primary N) is 1. The average molecular weight is 269 g/mol. The summed E-state index contributed by atoms with van der Waals surface area (Å²) in [5.41, 5.74) is 5.39. The number of hydrogen-bond donors (Lipinski definition) is 2. The molecule has 0 radical (unpaired) electrons. The Bertz CT molecular complexity index is 403. The highest BCUT2D eigenvalue weighted by Crippen LogP contribution is 2.19. The summed E-state index contributed by atoms with van der Waals surface area (Å²) in [6.07, 6.45) is 3.62. The number of rotatable bonds is 6. The van der Waals surface area contributed by atoms with Gasteiger partial charge in [-0.25, -0.2) is 4.98 Å². The molecule has 0 spiro atoms. The Morgan fingerprint density at radius 3 is 2.78 bits per heavy atom. The van der Waals surface area contributed by atoms with Gasteiger partial charge in [0.15, 0.2) is 0 Å². The topological polar surface area (TPSA) is 68.0 Å². The molecular formula is C13H23N3OS. The third kappa shape index (κ3) is 3.53. The van der Waals surface area contributed by atoms with Crippen molar-refractivity contribution in [3.8, 4) is 0 Å². The smallest absolute Gasteiger partial charge is 0.263 e. The molecule has 1 aromatic rings. The number of aromatic nitrogens is 1. The van der Waals surface area contributed by atoms with E-state index in [0.29, 0.717) is 11.4 Å². The second-order valence-corrected chi connectivity index (χ2v) is 6.21. The zero-order valence-electron chi connectivity index (χ0n) is 11.6. The van der Waals surface area contributed by atoms with Crippen molar-refractivity contribution in [2.45, 2.75) is 46.1 Å². The average Bonchev–Trinajstić information content (AvgIpc) is 2.77. The van der Waals surface area contributed by atoms with Gasteiger partial charge in [0.1, 0.15) is 4.88 Å². The van der Waals surface area contributed by atoms with E-state index >= 15 is 0 Å². The summed E-state index contributed by atoms with van der Waals surface area (Å²) >= 11 is 1.46. The number of nitrogens with one attached hydrogen (secondary N) is 1. The molecule has 0 aliphatic carbocycles. The first kappa shape index (κ1) is 15.1. The predicted octanol–water partition coefficient (Wildman–Crippen LogP) is 2.20. The van der Waals surface area contributed by atoms with Crippen LogP contribution in [0.15, 0.2) is 6.20 Å². The zero-order chi connectivity index (χ0) is 13.8. The van der Waals surface area contributed by atoms with E-state index in [2.05, 4.69) is 31.1 Å². The van der Waals surface area contributed by atoms with Crippen LogP contribution in [0.2, 0.25) is 0 Å². The second kappa shape index (κ2) is 6.29. The van der Waals surface area contributed by atoms with Crippen molar-refractivity contribution < 1.29 is 4.79 Å². The quantitative estimate of drug-likeness (QED) is 0.832. The molecule has 18 heavy (non-hydrogen) atoms. The summed E-state index contributed by atoms with van der Waals surface area (Å²) in [5, 5.41) is 4.04. The highest BCUT2D eigenvalue weighted by atomic mass is 32.1. The second-order valence-electron chi connectivity index (χ2n) is 5.10. The first-order chi connectivity index (χ1) is 8.42. The number of thiazole rings is 1. The third-order valence-electron chi connectivity index (χ3n) is 3.34. The van der Waals surface area contributed by atoms with Gasteiger partial charge in [0.05, 0.1) is 16.7 Å². The Morgan fingerprint density at radius 2 is 2.28 bits per heavy atom. The molecular weight excluding hydrogens is 246 g/mol. The van der Waals surface area contributed by atoms with E-state index in [1.165, 1.54) is 11.3 Å². The number of amides is 1. The zero-order valence-corrected chi connectivity index (χ0v) is 12.4. The van der Waals surface area contributed by atoms with Crippen LogP contribution in [0, 0.1) is 5.92 Å². The lowest BCUT2D eigenvalue weighted by atomic mass is 9.88. The molecule has 0 bridgehead atoms.